The molecule has 0 aromatic carbocycles. The Labute approximate surface area is 107 Å². The lowest BCUT2D eigenvalue weighted by molar-refractivity contribution is 0.626. The topological polar surface area (TPSA) is 34.9 Å². The van der Waals surface area contributed by atoms with Gasteiger partial charge in [-0.2, -0.15) is 0 Å². The summed E-state index contributed by atoms with van der Waals surface area (Å²) in [6, 6.07) is 3.55. The Bertz CT molecular complexity index is 641. The van der Waals surface area contributed by atoms with Crippen LogP contribution in [-0.2, 0) is 6.54 Å². The minimum atomic E-state index is 0.0473. The van der Waals surface area contributed by atoms with Crippen molar-refractivity contribution in [3.63, 3.8) is 0 Å². The summed E-state index contributed by atoms with van der Waals surface area (Å²) < 4.78 is 1.80. The van der Waals surface area contributed by atoms with Crippen molar-refractivity contribution in [1.82, 2.24) is 9.55 Å². The van der Waals surface area contributed by atoms with Gasteiger partial charge < -0.3 is 0 Å². The van der Waals surface area contributed by atoms with Crippen LogP contribution in [0, 0.1) is 20.8 Å². The van der Waals surface area contributed by atoms with Crippen molar-refractivity contribution in [2.75, 3.05) is 0 Å². The quantitative estimate of drug-likeness (QED) is 0.831. The van der Waals surface area contributed by atoms with Crippen LogP contribution in [0.25, 0.3) is 11.0 Å². The average Bonchev–Trinajstić information content (AvgIpc) is 2.35. The molecule has 0 spiro atoms. The molecule has 2 aromatic heterocycles. The number of pyridine rings is 2. The van der Waals surface area contributed by atoms with Crippen LogP contribution < -0.4 is 5.56 Å². The maximum atomic E-state index is 12.0. The summed E-state index contributed by atoms with van der Waals surface area (Å²) in [4.78, 5) is 16.6. The molecule has 3 nitrogen and oxygen atoms in total. The molecule has 0 bridgehead atoms. The molecule has 0 saturated carbocycles. The molecule has 0 atom stereocenters. The Hall–Kier alpha value is -1.64. The standard InChI is InChI=1S/C15H20N2O/c1-5-6-9-17-14(18)8-7-13-11(3)10(2)12(4)16-15(13)17/h7-8H,5-6,9H2,1-4H3. The first-order valence-electron chi connectivity index (χ1n) is 6.53. The van der Waals surface area contributed by atoms with Gasteiger partial charge in [-0.25, -0.2) is 4.98 Å². The Balaban J connectivity index is 2.76. The maximum Gasteiger partial charge on any atom is 0.252 e. The van der Waals surface area contributed by atoms with Crippen LogP contribution in [0.2, 0.25) is 0 Å². The number of hydrogen-bond acceptors (Lipinski definition) is 2. The molecular formula is C15H20N2O. The minimum Gasteiger partial charge on any atom is -0.293 e. The fraction of sp³-hybridized carbons (Fsp3) is 0.467. The van der Waals surface area contributed by atoms with Crippen LogP contribution >= 0.6 is 0 Å². The predicted octanol–water partition coefficient (Wildman–Crippen LogP) is 3.12. The summed E-state index contributed by atoms with van der Waals surface area (Å²) in [6.07, 6.45) is 2.08. The van der Waals surface area contributed by atoms with Gasteiger partial charge in [-0.1, -0.05) is 13.3 Å². The van der Waals surface area contributed by atoms with E-state index in [1.165, 1.54) is 11.1 Å². The second kappa shape index (κ2) is 4.92. The third-order valence-corrected chi connectivity index (χ3v) is 3.67. The van der Waals surface area contributed by atoms with Crippen LogP contribution in [0.5, 0.6) is 0 Å². The van der Waals surface area contributed by atoms with Gasteiger partial charge in [-0.15, -0.1) is 0 Å². The summed E-state index contributed by atoms with van der Waals surface area (Å²) in [5.41, 5.74) is 4.32. The number of aromatic nitrogens is 2. The summed E-state index contributed by atoms with van der Waals surface area (Å²) >= 11 is 0. The van der Waals surface area contributed by atoms with E-state index in [4.69, 9.17) is 0 Å². The summed E-state index contributed by atoms with van der Waals surface area (Å²) in [7, 11) is 0. The fourth-order valence-electron chi connectivity index (χ4n) is 2.23. The third-order valence-electron chi connectivity index (χ3n) is 3.67. The first-order valence-corrected chi connectivity index (χ1v) is 6.53. The van der Waals surface area contributed by atoms with E-state index in [0.717, 1.165) is 36.1 Å². The van der Waals surface area contributed by atoms with Crippen molar-refractivity contribution >= 4 is 11.0 Å². The van der Waals surface area contributed by atoms with Crippen molar-refractivity contribution < 1.29 is 0 Å². The van der Waals surface area contributed by atoms with Gasteiger partial charge in [0.15, 0.2) is 0 Å². The van der Waals surface area contributed by atoms with E-state index in [-0.39, 0.29) is 5.56 Å². The Morgan fingerprint density at radius 2 is 1.89 bits per heavy atom. The van der Waals surface area contributed by atoms with E-state index in [1.807, 2.05) is 13.0 Å². The number of hydrogen-bond donors (Lipinski definition) is 0. The molecule has 0 aliphatic carbocycles. The molecule has 0 amide bonds. The Morgan fingerprint density at radius 1 is 1.17 bits per heavy atom. The Kier molecular flexibility index (Phi) is 3.50. The van der Waals surface area contributed by atoms with Crippen LogP contribution in [0.1, 0.15) is 36.6 Å². The van der Waals surface area contributed by atoms with E-state index in [0.29, 0.717) is 0 Å². The molecule has 18 heavy (non-hydrogen) atoms. The normalized spacial score (nSPS) is 11.1. The Morgan fingerprint density at radius 3 is 2.56 bits per heavy atom. The summed E-state index contributed by atoms with van der Waals surface area (Å²) in [5.74, 6) is 0. The highest BCUT2D eigenvalue weighted by atomic mass is 16.1. The van der Waals surface area contributed by atoms with Crippen molar-refractivity contribution in [3.8, 4) is 0 Å². The molecule has 2 rings (SSSR count). The first kappa shape index (κ1) is 12.8. The number of rotatable bonds is 3. The van der Waals surface area contributed by atoms with Crippen molar-refractivity contribution in [1.29, 1.82) is 0 Å². The predicted molar refractivity (Wildman–Crippen MR) is 75.1 cm³/mol. The highest BCUT2D eigenvalue weighted by molar-refractivity contribution is 5.80. The first-order chi connectivity index (χ1) is 8.56. The SMILES string of the molecule is CCCCn1c(=O)ccc2c(C)c(C)c(C)nc21. The van der Waals surface area contributed by atoms with Crippen LogP contribution in [0.3, 0.4) is 0 Å². The molecule has 0 aliphatic rings. The van der Waals surface area contributed by atoms with Gasteiger partial charge in [0.05, 0.1) is 0 Å². The van der Waals surface area contributed by atoms with E-state index in [1.54, 1.807) is 10.6 Å². The maximum absolute atomic E-state index is 12.0. The molecule has 0 saturated heterocycles. The molecule has 0 fully saturated rings. The molecule has 0 aliphatic heterocycles. The van der Waals surface area contributed by atoms with Gasteiger partial charge in [0.2, 0.25) is 0 Å². The second-order valence-electron chi connectivity index (χ2n) is 4.86. The lowest BCUT2D eigenvalue weighted by atomic mass is 10.1. The van der Waals surface area contributed by atoms with Gasteiger partial charge >= 0.3 is 0 Å². The number of fused-ring (bicyclic) bond motifs is 1. The van der Waals surface area contributed by atoms with E-state index >= 15 is 0 Å². The van der Waals surface area contributed by atoms with Gasteiger partial charge in [0.1, 0.15) is 5.65 Å². The zero-order valence-corrected chi connectivity index (χ0v) is 11.6. The monoisotopic (exact) mass is 244 g/mol. The molecule has 2 aromatic rings. The highest BCUT2D eigenvalue weighted by Gasteiger charge is 2.09. The smallest absolute Gasteiger partial charge is 0.252 e. The lowest BCUT2D eigenvalue weighted by Gasteiger charge is -2.13. The van der Waals surface area contributed by atoms with Crippen molar-refractivity contribution in [2.45, 2.75) is 47.1 Å². The fourth-order valence-corrected chi connectivity index (χ4v) is 2.23. The van der Waals surface area contributed by atoms with Crippen LogP contribution in [-0.4, -0.2) is 9.55 Å². The summed E-state index contributed by atoms with van der Waals surface area (Å²) in [6.45, 7) is 9.06. The molecule has 0 radical (unpaired) electrons. The molecule has 96 valence electrons. The lowest BCUT2D eigenvalue weighted by Crippen LogP contribution is -2.20. The number of unbranched alkanes of at least 4 members (excludes halogenated alkanes) is 1. The molecule has 2 heterocycles. The van der Waals surface area contributed by atoms with Gasteiger partial charge in [0, 0.05) is 23.7 Å². The highest BCUT2D eigenvalue weighted by Crippen LogP contribution is 2.20. The van der Waals surface area contributed by atoms with Crippen molar-refractivity contribution in [3.05, 3.63) is 39.3 Å². The minimum absolute atomic E-state index is 0.0473. The molecular weight excluding hydrogens is 224 g/mol. The summed E-state index contributed by atoms with van der Waals surface area (Å²) in [5, 5.41) is 1.09. The van der Waals surface area contributed by atoms with Crippen molar-refractivity contribution in [2.24, 2.45) is 0 Å². The van der Waals surface area contributed by atoms with E-state index < -0.39 is 0 Å². The zero-order chi connectivity index (χ0) is 13.3. The zero-order valence-electron chi connectivity index (χ0n) is 11.6. The van der Waals surface area contributed by atoms with Gasteiger partial charge in [-0.05, 0) is 44.4 Å². The number of nitrogens with zero attached hydrogens (tertiary/aromatic N) is 2. The van der Waals surface area contributed by atoms with E-state index in [9.17, 15) is 4.79 Å². The molecule has 0 unspecified atom stereocenters. The van der Waals surface area contributed by atoms with Gasteiger partial charge in [-0.3, -0.25) is 9.36 Å². The largest absolute Gasteiger partial charge is 0.293 e. The molecule has 3 heteroatoms. The van der Waals surface area contributed by atoms with Crippen LogP contribution in [0.15, 0.2) is 16.9 Å². The average molecular weight is 244 g/mol. The van der Waals surface area contributed by atoms with E-state index in [2.05, 4.69) is 25.8 Å². The number of aryl methyl sites for hydroxylation is 3. The molecule has 0 N–H and O–H groups in total. The van der Waals surface area contributed by atoms with Gasteiger partial charge in [0.25, 0.3) is 5.56 Å². The van der Waals surface area contributed by atoms with Crippen LogP contribution in [0.4, 0.5) is 0 Å². The third kappa shape index (κ3) is 2.05. The second-order valence-corrected chi connectivity index (χ2v) is 4.86.